The minimum absolute atomic E-state index is 0.0957. The van der Waals surface area contributed by atoms with E-state index in [-0.39, 0.29) is 12.4 Å². The van der Waals surface area contributed by atoms with Gasteiger partial charge in [-0.3, -0.25) is 9.97 Å². The summed E-state index contributed by atoms with van der Waals surface area (Å²) in [7, 11) is 0. The summed E-state index contributed by atoms with van der Waals surface area (Å²) in [6.45, 7) is 2.43. The van der Waals surface area contributed by atoms with Crippen LogP contribution >= 0.6 is 0 Å². The van der Waals surface area contributed by atoms with Gasteiger partial charge in [0, 0.05) is 46.2 Å². The monoisotopic (exact) mass is 387 g/mol. The van der Waals surface area contributed by atoms with Gasteiger partial charge in [-0.2, -0.15) is 0 Å². The number of anilines is 1. The summed E-state index contributed by atoms with van der Waals surface area (Å²) < 4.78 is 20.8. The van der Waals surface area contributed by atoms with E-state index in [2.05, 4.69) is 25.3 Å². The molecule has 0 amide bonds. The summed E-state index contributed by atoms with van der Waals surface area (Å²) in [5, 5.41) is 4.00. The first-order valence-corrected chi connectivity index (χ1v) is 9.39. The Morgan fingerprint density at radius 3 is 2.86 bits per heavy atom. The summed E-state index contributed by atoms with van der Waals surface area (Å²) >= 11 is 0. The van der Waals surface area contributed by atoms with E-state index in [1.165, 1.54) is 0 Å². The average molecular weight is 387 g/mol. The van der Waals surface area contributed by atoms with Crippen LogP contribution in [0, 0.1) is 0 Å². The molecule has 0 atom stereocenters. The molecule has 1 aliphatic heterocycles. The average Bonchev–Trinajstić information content (AvgIpc) is 3.13. The van der Waals surface area contributed by atoms with E-state index < -0.39 is 0 Å². The molecule has 0 unspecified atom stereocenters. The van der Waals surface area contributed by atoms with Gasteiger partial charge in [-0.25, -0.2) is 9.37 Å². The van der Waals surface area contributed by atoms with Gasteiger partial charge < -0.3 is 15.0 Å². The molecular formula is C22H18FN5O. The number of hydrogen-bond acceptors (Lipinski definition) is 5. The largest absolute Gasteiger partial charge is 0.478 e. The third-order valence-electron chi connectivity index (χ3n) is 4.90. The predicted molar refractivity (Wildman–Crippen MR) is 110 cm³/mol. The maximum atomic E-state index is 15.2. The lowest BCUT2D eigenvalue weighted by atomic mass is 9.94. The molecule has 7 heteroatoms. The van der Waals surface area contributed by atoms with Gasteiger partial charge in [0.25, 0.3) is 0 Å². The molecule has 144 valence electrons. The number of aromatic amines is 1. The maximum Gasteiger partial charge on any atom is 0.221 e. The van der Waals surface area contributed by atoms with E-state index in [9.17, 15) is 0 Å². The van der Waals surface area contributed by atoms with Crippen molar-refractivity contribution in [2.45, 2.75) is 6.92 Å². The fraction of sp³-hybridized carbons (Fsp3) is 0.136. The summed E-state index contributed by atoms with van der Waals surface area (Å²) in [4.78, 5) is 16.3. The molecule has 0 aliphatic carbocycles. The minimum atomic E-state index is -0.257. The molecule has 4 aromatic heterocycles. The highest BCUT2D eigenvalue weighted by Crippen LogP contribution is 2.43. The van der Waals surface area contributed by atoms with E-state index in [0.717, 1.165) is 33.5 Å². The van der Waals surface area contributed by atoms with Gasteiger partial charge in [-0.15, -0.1) is 0 Å². The number of nitrogens with zero attached hydrogens (tertiary/aromatic N) is 3. The van der Waals surface area contributed by atoms with E-state index in [0.29, 0.717) is 23.6 Å². The van der Waals surface area contributed by atoms with Gasteiger partial charge in [0.1, 0.15) is 11.6 Å². The Labute approximate surface area is 166 Å². The maximum absolute atomic E-state index is 15.2. The Bertz CT molecular complexity index is 1230. The molecule has 0 saturated heterocycles. The predicted octanol–water partition coefficient (Wildman–Crippen LogP) is 4.57. The number of hydrogen-bond donors (Lipinski definition) is 2. The summed E-state index contributed by atoms with van der Waals surface area (Å²) in [5.74, 6) is 0.920. The highest BCUT2D eigenvalue weighted by atomic mass is 19.1. The van der Waals surface area contributed by atoms with Crippen molar-refractivity contribution in [2.75, 3.05) is 18.5 Å². The van der Waals surface area contributed by atoms with Crippen LogP contribution in [-0.2, 0) is 0 Å². The van der Waals surface area contributed by atoms with Gasteiger partial charge in [0.2, 0.25) is 5.88 Å². The lowest BCUT2D eigenvalue weighted by molar-refractivity contribution is 0.325. The van der Waals surface area contributed by atoms with Crippen LogP contribution in [0.15, 0.2) is 60.9 Å². The van der Waals surface area contributed by atoms with Gasteiger partial charge in [0.05, 0.1) is 30.6 Å². The van der Waals surface area contributed by atoms with Crippen LogP contribution in [0.25, 0.3) is 27.7 Å². The molecule has 5 rings (SSSR count). The van der Waals surface area contributed by atoms with Crippen LogP contribution in [0.2, 0.25) is 0 Å². The third-order valence-corrected chi connectivity index (χ3v) is 4.90. The van der Waals surface area contributed by atoms with E-state index in [1.54, 1.807) is 30.9 Å². The number of halogens is 1. The Balaban J connectivity index is 1.74. The SMILES string of the molecule is CCOc1ncccc1C1=C(F)CNc2[nH]c3cnc(-c4cccnc4)cc3c21. The number of pyridine rings is 3. The number of nitrogens with one attached hydrogen (secondary N) is 2. The highest BCUT2D eigenvalue weighted by molar-refractivity contribution is 6.05. The normalized spacial score (nSPS) is 13.3. The third kappa shape index (κ3) is 2.91. The fourth-order valence-corrected chi connectivity index (χ4v) is 3.66. The Hall–Kier alpha value is -3.74. The molecule has 4 aromatic rings. The van der Waals surface area contributed by atoms with Crippen molar-refractivity contribution in [1.82, 2.24) is 19.9 Å². The van der Waals surface area contributed by atoms with Gasteiger partial charge in [-0.1, -0.05) is 0 Å². The molecular weight excluding hydrogens is 369 g/mol. The Morgan fingerprint density at radius 2 is 2.03 bits per heavy atom. The van der Waals surface area contributed by atoms with Crippen molar-refractivity contribution in [2.24, 2.45) is 0 Å². The topological polar surface area (TPSA) is 75.7 Å². The van der Waals surface area contributed by atoms with Crippen LogP contribution in [0.3, 0.4) is 0 Å². The first-order chi connectivity index (χ1) is 14.3. The molecule has 0 saturated carbocycles. The van der Waals surface area contributed by atoms with Crippen LogP contribution in [0.4, 0.5) is 10.2 Å². The molecule has 0 aromatic carbocycles. The number of fused-ring (bicyclic) bond motifs is 3. The lowest BCUT2D eigenvalue weighted by Crippen LogP contribution is -2.13. The number of rotatable bonds is 4. The summed E-state index contributed by atoms with van der Waals surface area (Å²) in [6.07, 6.45) is 6.89. The van der Waals surface area contributed by atoms with Crippen molar-refractivity contribution in [3.05, 3.63) is 72.1 Å². The number of ether oxygens (including phenoxy) is 1. The first kappa shape index (κ1) is 17.4. The molecule has 2 N–H and O–H groups in total. The minimum Gasteiger partial charge on any atom is -0.478 e. The van der Waals surface area contributed by atoms with Crippen LogP contribution in [0.5, 0.6) is 5.88 Å². The second-order valence-corrected chi connectivity index (χ2v) is 6.65. The zero-order valence-electron chi connectivity index (χ0n) is 15.7. The zero-order valence-corrected chi connectivity index (χ0v) is 15.7. The number of aromatic nitrogens is 4. The molecule has 0 spiro atoms. The van der Waals surface area contributed by atoms with Crippen molar-refractivity contribution in [3.8, 4) is 17.1 Å². The van der Waals surface area contributed by atoms with Crippen molar-refractivity contribution in [3.63, 3.8) is 0 Å². The summed E-state index contributed by atoms with van der Waals surface area (Å²) in [5.41, 5.74) is 4.37. The molecule has 5 heterocycles. The van der Waals surface area contributed by atoms with Crippen molar-refractivity contribution >= 4 is 22.3 Å². The molecule has 1 aliphatic rings. The quantitative estimate of drug-likeness (QED) is 0.536. The van der Waals surface area contributed by atoms with E-state index >= 15 is 4.39 Å². The zero-order chi connectivity index (χ0) is 19.8. The Kier molecular flexibility index (Phi) is 4.20. The van der Waals surface area contributed by atoms with E-state index in [4.69, 9.17) is 4.74 Å². The van der Waals surface area contributed by atoms with Crippen molar-refractivity contribution in [1.29, 1.82) is 0 Å². The molecule has 0 bridgehead atoms. The molecule has 0 fully saturated rings. The van der Waals surface area contributed by atoms with Gasteiger partial charge >= 0.3 is 0 Å². The van der Waals surface area contributed by atoms with Crippen LogP contribution in [-0.4, -0.2) is 33.1 Å². The lowest BCUT2D eigenvalue weighted by Gasteiger charge is -2.20. The summed E-state index contributed by atoms with van der Waals surface area (Å²) in [6, 6.07) is 9.40. The van der Waals surface area contributed by atoms with E-state index in [1.807, 2.05) is 31.2 Å². The van der Waals surface area contributed by atoms with Gasteiger partial charge in [0.15, 0.2) is 0 Å². The first-order valence-electron chi connectivity index (χ1n) is 9.39. The second-order valence-electron chi connectivity index (χ2n) is 6.65. The molecule has 6 nitrogen and oxygen atoms in total. The smallest absolute Gasteiger partial charge is 0.221 e. The standard InChI is InChI=1S/C22H18FN5O/c1-2-29-22-14(6-4-8-25-22)19-16(23)11-27-21-20(19)15-9-17(26-12-18(15)28-21)13-5-3-7-24-10-13/h3-10,12,27-28H,2,11H2,1H3. The molecule has 29 heavy (non-hydrogen) atoms. The second kappa shape index (κ2) is 7.01. The fourth-order valence-electron chi connectivity index (χ4n) is 3.66. The van der Waals surface area contributed by atoms with Crippen LogP contribution in [0.1, 0.15) is 18.1 Å². The van der Waals surface area contributed by atoms with Crippen LogP contribution < -0.4 is 10.1 Å². The highest BCUT2D eigenvalue weighted by Gasteiger charge is 2.27. The Morgan fingerprint density at radius 1 is 1.14 bits per heavy atom. The van der Waals surface area contributed by atoms with Gasteiger partial charge in [-0.05, 0) is 37.3 Å². The molecule has 0 radical (unpaired) electrons. The van der Waals surface area contributed by atoms with Crippen molar-refractivity contribution < 1.29 is 9.13 Å². The number of H-pyrrole nitrogens is 1.